The van der Waals surface area contributed by atoms with Gasteiger partial charge in [0, 0.05) is 31.7 Å². The van der Waals surface area contributed by atoms with Crippen molar-refractivity contribution in [1.29, 1.82) is 0 Å². The molecular formula is C50H73FN2O4S. The molecular weight excluding hydrogens is 744 g/mol. The number of halogens is 1. The minimum Gasteiger partial charge on any atom is -0.460 e. The average Bonchev–Trinajstić information content (AvgIpc) is 3.58. The highest BCUT2D eigenvalue weighted by Crippen LogP contribution is 2.76. The van der Waals surface area contributed by atoms with Crippen molar-refractivity contribution in [2.75, 3.05) is 44.4 Å². The van der Waals surface area contributed by atoms with Crippen molar-refractivity contribution in [3.63, 3.8) is 0 Å². The first-order valence-electron chi connectivity index (χ1n) is 22.9. The maximum Gasteiger partial charge on any atom is 0.315 e. The van der Waals surface area contributed by atoms with Crippen molar-refractivity contribution < 1.29 is 22.3 Å². The molecule has 0 bridgehead atoms. The molecule has 1 heterocycles. The quantitative estimate of drug-likeness (QED) is 0.187. The van der Waals surface area contributed by atoms with Crippen LogP contribution >= 0.6 is 0 Å². The number of alkyl halides is 1. The molecule has 1 saturated heterocycles. The summed E-state index contributed by atoms with van der Waals surface area (Å²) in [4.78, 5) is 15.7. The topological polar surface area (TPSA) is 75.7 Å². The molecule has 8 rings (SSSR count). The Hall–Kier alpha value is -2.29. The minimum absolute atomic E-state index is 0.0118. The fraction of sp³-hybridized carbons (Fsp3) is 0.740. The van der Waals surface area contributed by atoms with Crippen molar-refractivity contribution in [1.82, 2.24) is 10.2 Å². The Bertz CT molecular complexity index is 1910. The third-order valence-corrected chi connectivity index (χ3v) is 20.5. The third-order valence-electron chi connectivity index (χ3n) is 18.8. The lowest BCUT2D eigenvalue weighted by molar-refractivity contribution is -0.221. The highest BCUT2D eigenvalue weighted by molar-refractivity contribution is 7.91. The molecule has 58 heavy (non-hydrogen) atoms. The van der Waals surface area contributed by atoms with Crippen molar-refractivity contribution in [2.24, 2.45) is 56.7 Å². The first kappa shape index (κ1) is 42.4. The van der Waals surface area contributed by atoms with Gasteiger partial charge in [-0.25, -0.2) is 12.8 Å². The number of fused-ring (bicyclic) bond motifs is 7. The van der Waals surface area contributed by atoms with Gasteiger partial charge in [-0.2, -0.15) is 0 Å². The second kappa shape index (κ2) is 15.3. The molecule has 10 atom stereocenters. The summed E-state index contributed by atoms with van der Waals surface area (Å²) in [5.74, 6) is 3.18. The summed E-state index contributed by atoms with van der Waals surface area (Å²) in [5.41, 5.74) is 4.78. The molecule has 320 valence electrons. The third kappa shape index (κ3) is 6.84. The lowest BCUT2D eigenvalue weighted by Gasteiger charge is -2.72. The minimum atomic E-state index is -2.88. The van der Waals surface area contributed by atoms with Crippen molar-refractivity contribution >= 4 is 15.8 Å². The Morgan fingerprint density at radius 1 is 0.897 bits per heavy atom. The fourth-order valence-electron chi connectivity index (χ4n) is 15.4. The van der Waals surface area contributed by atoms with Gasteiger partial charge >= 0.3 is 5.97 Å². The van der Waals surface area contributed by atoms with Gasteiger partial charge in [0.25, 0.3) is 0 Å². The van der Waals surface area contributed by atoms with Crippen LogP contribution in [0.15, 0.2) is 65.8 Å². The summed E-state index contributed by atoms with van der Waals surface area (Å²) in [7, 11) is -2.88. The zero-order valence-electron chi connectivity index (χ0n) is 36.6. The van der Waals surface area contributed by atoms with E-state index >= 15 is 0 Å². The van der Waals surface area contributed by atoms with E-state index in [0.717, 1.165) is 25.1 Å². The van der Waals surface area contributed by atoms with E-state index in [-0.39, 0.29) is 33.8 Å². The van der Waals surface area contributed by atoms with E-state index in [0.29, 0.717) is 73.4 Å². The van der Waals surface area contributed by atoms with Crippen LogP contribution in [0, 0.1) is 56.7 Å². The number of nitrogens with zero attached hydrogens (tertiary/aromatic N) is 1. The molecule has 0 spiro atoms. The number of benzene rings is 1. The number of carbonyl (C=O) groups is 1. The molecule has 7 aliphatic rings. The monoisotopic (exact) mass is 817 g/mol. The number of hydrogen-bond acceptors (Lipinski definition) is 6. The first-order chi connectivity index (χ1) is 27.4. The Labute approximate surface area is 350 Å². The number of allylic oxidation sites excluding steroid dienone is 5. The molecule has 6 nitrogen and oxygen atoms in total. The zero-order chi connectivity index (χ0) is 41.4. The predicted octanol–water partition coefficient (Wildman–Crippen LogP) is 10.1. The van der Waals surface area contributed by atoms with Gasteiger partial charge in [0.05, 0.1) is 16.9 Å². The normalized spacial score (nSPS) is 41.8. The summed E-state index contributed by atoms with van der Waals surface area (Å²) in [6.45, 7) is 22.6. The smallest absolute Gasteiger partial charge is 0.315 e. The van der Waals surface area contributed by atoms with Crippen LogP contribution in [0.1, 0.15) is 124 Å². The highest BCUT2D eigenvalue weighted by atomic mass is 32.2. The van der Waals surface area contributed by atoms with Crippen molar-refractivity contribution in [3.8, 4) is 0 Å². The molecule has 4 saturated carbocycles. The van der Waals surface area contributed by atoms with E-state index in [1.807, 2.05) is 30.3 Å². The molecule has 1 aliphatic heterocycles. The second-order valence-electron chi connectivity index (χ2n) is 21.7. The zero-order valence-corrected chi connectivity index (χ0v) is 37.5. The summed E-state index contributed by atoms with van der Waals surface area (Å²) >= 11 is 0. The summed E-state index contributed by atoms with van der Waals surface area (Å²) in [5, 5.41) is 4.22. The summed E-state index contributed by atoms with van der Waals surface area (Å²) < 4.78 is 44.7. The average molecular weight is 817 g/mol. The Morgan fingerprint density at radius 3 is 2.31 bits per heavy atom. The van der Waals surface area contributed by atoms with E-state index in [1.54, 1.807) is 0 Å². The molecule has 0 amide bonds. The van der Waals surface area contributed by atoms with E-state index < -0.39 is 27.9 Å². The van der Waals surface area contributed by atoms with E-state index in [1.165, 1.54) is 68.1 Å². The standard InChI is InChI=1S/C50H73FN2O4S/c1-35(2)38-17-24-50(52-27-28-53-29-31-58(55,56)32-30-53)26-25-47(6)40(43(38)50)13-14-42-46(5)20-18-39(45(3,4)41(46)19-21-48(42,47)7)37-15-22-49(34-51,23-16-37)44(54)57-33-36-11-9-8-10-12-36/h8-12,15,18,38,40-43,52H,1,13-14,16-17,19-34H2,2-7H3/t38-,40+,41-,42+,43+,46-,47+,48+,49-,50-/m0/s1. The van der Waals surface area contributed by atoms with E-state index in [2.05, 4.69) is 70.5 Å². The van der Waals surface area contributed by atoms with Gasteiger partial charge in [0.1, 0.15) is 13.3 Å². The molecule has 6 aliphatic carbocycles. The molecule has 1 N–H and O–H groups in total. The molecule has 0 radical (unpaired) electrons. The second-order valence-corrected chi connectivity index (χ2v) is 24.0. The molecule has 8 heteroatoms. The van der Waals surface area contributed by atoms with Crippen LogP contribution in [0.3, 0.4) is 0 Å². The first-order valence-corrected chi connectivity index (χ1v) is 24.8. The molecule has 1 aromatic rings. The van der Waals surface area contributed by atoms with Crippen molar-refractivity contribution in [2.45, 2.75) is 131 Å². The van der Waals surface area contributed by atoms with Crippen LogP contribution in [0.4, 0.5) is 4.39 Å². The molecule has 0 unspecified atom stereocenters. The van der Waals surface area contributed by atoms with Gasteiger partial charge in [0.2, 0.25) is 0 Å². The van der Waals surface area contributed by atoms with Gasteiger partial charge < -0.3 is 15.0 Å². The lowest BCUT2D eigenvalue weighted by Crippen LogP contribution is -2.68. The van der Waals surface area contributed by atoms with Crippen LogP contribution in [0.25, 0.3) is 0 Å². The summed E-state index contributed by atoms with van der Waals surface area (Å²) in [6, 6.07) is 9.67. The van der Waals surface area contributed by atoms with Gasteiger partial charge in [-0.15, -0.1) is 0 Å². The Kier molecular flexibility index (Phi) is 11.2. The van der Waals surface area contributed by atoms with Crippen molar-refractivity contribution in [3.05, 3.63) is 71.3 Å². The SMILES string of the molecule is C=C(C)[C@@H]1CC[C@]2(NCCN3CCS(=O)(=O)CC3)CC[C@]3(C)[C@H](CC[C@@H]4[C@@]5(C)CC=C(C6=CC[C@](CF)(C(=O)OCc7ccccc7)CC6)C(C)(C)[C@@H]5CC[C@]43C)[C@@H]12. The highest BCUT2D eigenvalue weighted by Gasteiger charge is 2.70. The Morgan fingerprint density at radius 2 is 1.64 bits per heavy atom. The van der Waals surface area contributed by atoms with Gasteiger partial charge in [-0.1, -0.05) is 89.3 Å². The molecule has 5 fully saturated rings. The number of nitrogens with one attached hydrogen (secondary N) is 1. The van der Waals surface area contributed by atoms with Crippen LogP contribution in [-0.4, -0.2) is 69.2 Å². The lowest BCUT2D eigenvalue weighted by atomic mass is 9.33. The van der Waals surface area contributed by atoms with Crippen LogP contribution < -0.4 is 5.32 Å². The number of ether oxygens (including phenoxy) is 1. The summed E-state index contributed by atoms with van der Waals surface area (Å²) in [6.07, 6.45) is 17.5. The maximum atomic E-state index is 14.8. The van der Waals surface area contributed by atoms with E-state index in [4.69, 9.17) is 4.74 Å². The number of carbonyl (C=O) groups excluding carboxylic acids is 1. The van der Waals surface area contributed by atoms with Gasteiger partial charge in [-0.05, 0) is 152 Å². The number of esters is 1. The number of sulfone groups is 1. The van der Waals surface area contributed by atoms with Crippen LogP contribution in [-0.2, 0) is 26.0 Å². The number of rotatable bonds is 10. The fourth-order valence-corrected chi connectivity index (χ4v) is 16.7. The van der Waals surface area contributed by atoms with Gasteiger partial charge in [0.15, 0.2) is 9.84 Å². The number of hydrogen-bond donors (Lipinski definition) is 1. The largest absolute Gasteiger partial charge is 0.460 e. The van der Waals surface area contributed by atoms with Crippen LogP contribution in [0.2, 0.25) is 0 Å². The Balaban J connectivity index is 0.996. The van der Waals surface area contributed by atoms with Gasteiger partial charge in [-0.3, -0.25) is 4.79 Å². The molecule has 0 aromatic heterocycles. The van der Waals surface area contributed by atoms with E-state index in [9.17, 15) is 17.6 Å². The molecule has 1 aromatic carbocycles. The predicted molar refractivity (Wildman–Crippen MR) is 232 cm³/mol. The van der Waals surface area contributed by atoms with Crippen LogP contribution in [0.5, 0.6) is 0 Å². The maximum absolute atomic E-state index is 14.8.